The lowest BCUT2D eigenvalue weighted by molar-refractivity contribution is 0.230. The van der Waals surface area contributed by atoms with E-state index < -0.39 is 0 Å². The fourth-order valence-corrected chi connectivity index (χ4v) is 1.18. The number of halogens is 1. The number of pyridine rings is 1. The molecule has 1 rings (SSSR count). The van der Waals surface area contributed by atoms with Crippen molar-refractivity contribution in [2.24, 2.45) is 0 Å². The average Bonchev–Trinajstić information content (AvgIpc) is 2.08. The van der Waals surface area contributed by atoms with Gasteiger partial charge in [-0.05, 0) is 28.7 Å². The highest BCUT2D eigenvalue weighted by molar-refractivity contribution is 14.1. The molecule has 0 saturated carbocycles. The molecule has 4 nitrogen and oxygen atoms in total. The first kappa shape index (κ1) is 10.2. The molecule has 0 unspecified atom stereocenters. The zero-order valence-corrected chi connectivity index (χ0v) is 9.57. The maximum Gasteiger partial charge on any atom is 0.321 e. The van der Waals surface area contributed by atoms with Crippen LogP contribution in [0, 0.1) is 3.57 Å². The van der Waals surface area contributed by atoms with E-state index in [2.05, 4.69) is 32.9 Å². The first-order chi connectivity index (χ1) is 6.11. The van der Waals surface area contributed by atoms with Crippen LogP contribution in [-0.2, 0) is 0 Å². The van der Waals surface area contributed by atoms with Crippen LogP contribution in [0.25, 0.3) is 0 Å². The SMILES string of the molecule is CN(C)C(=O)Nc1ccncc1I. The van der Waals surface area contributed by atoms with Crippen molar-refractivity contribution in [1.82, 2.24) is 9.88 Å². The topological polar surface area (TPSA) is 45.2 Å². The number of amides is 2. The van der Waals surface area contributed by atoms with Crippen molar-refractivity contribution < 1.29 is 4.79 Å². The molecule has 13 heavy (non-hydrogen) atoms. The van der Waals surface area contributed by atoms with E-state index in [4.69, 9.17) is 0 Å². The van der Waals surface area contributed by atoms with E-state index in [0.29, 0.717) is 0 Å². The molecule has 1 aromatic rings. The Hall–Kier alpha value is -0.850. The van der Waals surface area contributed by atoms with Gasteiger partial charge >= 0.3 is 6.03 Å². The van der Waals surface area contributed by atoms with Gasteiger partial charge in [-0.1, -0.05) is 0 Å². The standard InChI is InChI=1S/C8H10IN3O/c1-12(2)8(13)11-7-3-4-10-5-6(7)9/h3-5H,1-2H3,(H,10,11,13). The zero-order chi connectivity index (χ0) is 9.84. The molecule has 0 aliphatic heterocycles. The molecule has 0 spiro atoms. The van der Waals surface area contributed by atoms with Crippen LogP contribution in [0.4, 0.5) is 10.5 Å². The number of aromatic nitrogens is 1. The highest BCUT2D eigenvalue weighted by Crippen LogP contribution is 2.15. The minimum Gasteiger partial charge on any atom is -0.331 e. The first-order valence-corrected chi connectivity index (χ1v) is 4.77. The van der Waals surface area contributed by atoms with E-state index in [1.807, 2.05) is 0 Å². The number of nitrogens with one attached hydrogen (secondary N) is 1. The number of nitrogens with zero attached hydrogens (tertiary/aromatic N) is 2. The normalized spacial score (nSPS) is 9.46. The quantitative estimate of drug-likeness (QED) is 0.802. The maximum atomic E-state index is 11.3. The van der Waals surface area contributed by atoms with E-state index in [0.717, 1.165) is 9.26 Å². The minimum atomic E-state index is -0.135. The second-order valence-corrected chi connectivity index (χ2v) is 3.84. The maximum absolute atomic E-state index is 11.3. The number of rotatable bonds is 1. The Morgan fingerprint density at radius 1 is 1.62 bits per heavy atom. The summed E-state index contributed by atoms with van der Waals surface area (Å²) in [6.07, 6.45) is 3.35. The molecule has 0 aromatic carbocycles. The Balaban J connectivity index is 2.75. The summed E-state index contributed by atoms with van der Waals surface area (Å²) in [7, 11) is 3.40. The van der Waals surface area contributed by atoms with Gasteiger partial charge in [0, 0.05) is 26.5 Å². The van der Waals surface area contributed by atoms with Crippen LogP contribution in [0.1, 0.15) is 0 Å². The van der Waals surface area contributed by atoms with Gasteiger partial charge in [-0.25, -0.2) is 4.79 Å². The number of hydrogen-bond donors (Lipinski definition) is 1. The Bertz CT molecular complexity index is 314. The molecule has 0 bridgehead atoms. The summed E-state index contributed by atoms with van der Waals surface area (Å²) in [6, 6.07) is 1.63. The smallest absolute Gasteiger partial charge is 0.321 e. The lowest BCUT2D eigenvalue weighted by atomic mass is 10.4. The monoisotopic (exact) mass is 291 g/mol. The molecular weight excluding hydrogens is 281 g/mol. The first-order valence-electron chi connectivity index (χ1n) is 3.69. The third-order valence-corrected chi connectivity index (χ3v) is 2.28. The highest BCUT2D eigenvalue weighted by atomic mass is 127. The largest absolute Gasteiger partial charge is 0.331 e. The third-order valence-electron chi connectivity index (χ3n) is 1.42. The van der Waals surface area contributed by atoms with Crippen molar-refractivity contribution in [3.05, 3.63) is 22.0 Å². The van der Waals surface area contributed by atoms with Gasteiger partial charge in [-0.2, -0.15) is 0 Å². The van der Waals surface area contributed by atoms with Crippen molar-refractivity contribution >= 4 is 34.3 Å². The second-order valence-electron chi connectivity index (χ2n) is 2.68. The molecule has 70 valence electrons. The van der Waals surface area contributed by atoms with E-state index in [-0.39, 0.29) is 6.03 Å². The Morgan fingerprint density at radius 3 is 2.85 bits per heavy atom. The van der Waals surface area contributed by atoms with Crippen LogP contribution in [0.15, 0.2) is 18.5 Å². The Kier molecular flexibility index (Phi) is 3.47. The molecule has 0 saturated heterocycles. The van der Waals surface area contributed by atoms with Crippen molar-refractivity contribution in [3.63, 3.8) is 0 Å². The lowest BCUT2D eigenvalue weighted by Crippen LogP contribution is -2.27. The molecule has 1 N–H and O–H groups in total. The van der Waals surface area contributed by atoms with Crippen molar-refractivity contribution in [1.29, 1.82) is 0 Å². The summed E-state index contributed by atoms with van der Waals surface area (Å²) in [5.74, 6) is 0. The molecule has 1 aromatic heterocycles. The molecule has 0 aliphatic rings. The molecule has 0 fully saturated rings. The number of anilines is 1. The molecule has 1 heterocycles. The fourth-order valence-electron chi connectivity index (χ4n) is 0.704. The van der Waals surface area contributed by atoms with Crippen molar-refractivity contribution in [2.75, 3.05) is 19.4 Å². The van der Waals surface area contributed by atoms with Crippen molar-refractivity contribution in [2.45, 2.75) is 0 Å². The van der Waals surface area contributed by atoms with Gasteiger partial charge in [0.15, 0.2) is 0 Å². The van der Waals surface area contributed by atoms with Crippen LogP contribution in [0.2, 0.25) is 0 Å². The Morgan fingerprint density at radius 2 is 2.31 bits per heavy atom. The van der Waals surface area contributed by atoms with Gasteiger partial charge < -0.3 is 10.2 Å². The number of hydrogen-bond acceptors (Lipinski definition) is 2. The lowest BCUT2D eigenvalue weighted by Gasteiger charge is -2.12. The third kappa shape index (κ3) is 2.83. The van der Waals surface area contributed by atoms with Gasteiger partial charge in [0.2, 0.25) is 0 Å². The van der Waals surface area contributed by atoms with Gasteiger partial charge in [-0.3, -0.25) is 4.98 Å². The summed E-state index contributed by atoms with van der Waals surface area (Å²) in [5, 5.41) is 2.75. The predicted octanol–water partition coefficient (Wildman–Crippen LogP) is 1.78. The summed E-state index contributed by atoms with van der Waals surface area (Å²) < 4.78 is 0.926. The highest BCUT2D eigenvalue weighted by Gasteiger charge is 2.05. The summed E-state index contributed by atoms with van der Waals surface area (Å²) in [4.78, 5) is 16.7. The van der Waals surface area contributed by atoms with Crippen LogP contribution < -0.4 is 5.32 Å². The van der Waals surface area contributed by atoms with Gasteiger partial charge in [0.05, 0.1) is 9.26 Å². The zero-order valence-electron chi connectivity index (χ0n) is 7.41. The summed E-state index contributed by atoms with van der Waals surface area (Å²) in [6.45, 7) is 0. The second kappa shape index (κ2) is 4.40. The Labute approximate surface area is 90.5 Å². The van der Waals surface area contributed by atoms with Gasteiger partial charge in [0.1, 0.15) is 0 Å². The molecular formula is C8H10IN3O. The van der Waals surface area contributed by atoms with Crippen molar-refractivity contribution in [3.8, 4) is 0 Å². The van der Waals surface area contributed by atoms with E-state index in [9.17, 15) is 4.79 Å². The molecule has 0 atom stereocenters. The van der Waals surface area contributed by atoms with Crippen LogP contribution in [-0.4, -0.2) is 30.0 Å². The summed E-state index contributed by atoms with van der Waals surface area (Å²) in [5.41, 5.74) is 0.786. The summed E-state index contributed by atoms with van der Waals surface area (Å²) >= 11 is 2.12. The molecule has 0 radical (unpaired) electrons. The number of carbonyl (C=O) groups is 1. The van der Waals surface area contributed by atoms with Crippen LogP contribution in [0.5, 0.6) is 0 Å². The fraction of sp³-hybridized carbons (Fsp3) is 0.250. The van der Waals surface area contributed by atoms with Crippen LogP contribution >= 0.6 is 22.6 Å². The van der Waals surface area contributed by atoms with Gasteiger partial charge in [0.25, 0.3) is 0 Å². The molecule has 2 amide bonds. The van der Waals surface area contributed by atoms with Crippen LogP contribution in [0.3, 0.4) is 0 Å². The molecule has 0 aliphatic carbocycles. The predicted molar refractivity (Wildman–Crippen MR) is 59.7 cm³/mol. The van der Waals surface area contributed by atoms with E-state index in [1.54, 1.807) is 32.6 Å². The van der Waals surface area contributed by atoms with E-state index >= 15 is 0 Å². The van der Waals surface area contributed by atoms with Gasteiger partial charge in [-0.15, -0.1) is 0 Å². The number of carbonyl (C=O) groups excluding carboxylic acids is 1. The minimum absolute atomic E-state index is 0.135. The van der Waals surface area contributed by atoms with E-state index in [1.165, 1.54) is 4.90 Å². The molecule has 5 heteroatoms. The number of urea groups is 1. The average molecular weight is 291 g/mol.